The molecule has 6 heteroatoms. The smallest absolute Gasteiger partial charge is 0.358 e. The summed E-state index contributed by atoms with van der Waals surface area (Å²) in [4.78, 5) is 21.8. The minimum absolute atomic E-state index is 0.239. The molecule has 0 radical (unpaired) electrons. The van der Waals surface area contributed by atoms with E-state index in [0.29, 0.717) is 6.04 Å². The van der Waals surface area contributed by atoms with Crippen molar-refractivity contribution in [1.82, 2.24) is 15.3 Å². The standard InChI is InChI=1S/C12H18N4O2/c1-3-9-8-16(5-4-13-9)11-7-14-10(6-15-11)12(17)18-2/h6-7,9,13H,3-5,8H2,1-2H3/t9-/m0/s1. The lowest BCUT2D eigenvalue weighted by Gasteiger charge is -2.33. The number of hydrogen-bond acceptors (Lipinski definition) is 6. The SMILES string of the molecule is CC[C@H]1CN(c2cnc(C(=O)OC)cn2)CCN1. The lowest BCUT2D eigenvalue weighted by Crippen LogP contribution is -2.50. The van der Waals surface area contributed by atoms with Gasteiger partial charge in [0.05, 0.1) is 19.5 Å². The summed E-state index contributed by atoms with van der Waals surface area (Å²) in [5, 5.41) is 3.44. The van der Waals surface area contributed by atoms with Gasteiger partial charge in [-0.2, -0.15) is 0 Å². The second kappa shape index (κ2) is 5.77. The number of aromatic nitrogens is 2. The second-order valence-electron chi connectivity index (χ2n) is 4.26. The first kappa shape index (κ1) is 12.8. The lowest BCUT2D eigenvalue weighted by atomic mass is 10.1. The molecule has 2 rings (SSSR count). The number of hydrogen-bond donors (Lipinski definition) is 1. The Morgan fingerprint density at radius 3 is 3.00 bits per heavy atom. The molecule has 1 N–H and O–H groups in total. The molecular weight excluding hydrogens is 232 g/mol. The van der Waals surface area contributed by atoms with E-state index in [1.807, 2.05) is 0 Å². The molecule has 18 heavy (non-hydrogen) atoms. The molecule has 0 aromatic carbocycles. The van der Waals surface area contributed by atoms with Crippen molar-refractivity contribution < 1.29 is 9.53 Å². The minimum Gasteiger partial charge on any atom is -0.464 e. The number of ether oxygens (including phenoxy) is 1. The van der Waals surface area contributed by atoms with Gasteiger partial charge < -0.3 is 15.0 Å². The molecule has 1 aliphatic rings. The Hall–Kier alpha value is -1.69. The molecule has 1 fully saturated rings. The van der Waals surface area contributed by atoms with Crippen molar-refractivity contribution in [2.24, 2.45) is 0 Å². The highest BCUT2D eigenvalue weighted by Crippen LogP contribution is 2.13. The van der Waals surface area contributed by atoms with Crippen LogP contribution in [0.1, 0.15) is 23.8 Å². The van der Waals surface area contributed by atoms with Gasteiger partial charge in [0.1, 0.15) is 5.82 Å². The largest absolute Gasteiger partial charge is 0.464 e. The zero-order valence-electron chi connectivity index (χ0n) is 10.7. The number of carbonyl (C=O) groups is 1. The maximum atomic E-state index is 11.3. The van der Waals surface area contributed by atoms with E-state index in [1.54, 1.807) is 6.20 Å². The zero-order valence-corrected chi connectivity index (χ0v) is 10.7. The monoisotopic (exact) mass is 250 g/mol. The Labute approximate surface area is 106 Å². The average molecular weight is 250 g/mol. The maximum absolute atomic E-state index is 11.3. The number of methoxy groups -OCH3 is 1. The van der Waals surface area contributed by atoms with Crippen LogP contribution in [-0.2, 0) is 4.74 Å². The highest BCUT2D eigenvalue weighted by atomic mass is 16.5. The van der Waals surface area contributed by atoms with Gasteiger partial charge in [0, 0.05) is 25.7 Å². The summed E-state index contributed by atoms with van der Waals surface area (Å²) >= 11 is 0. The molecule has 0 bridgehead atoms. The summed E-state index contributed by atoms with van der Waals surface area (Å²) in [5.41, 5.74) is 0.239. The van der Waals surface area contributed by atoms with E-state index >= 15 is 0 Å². The van der Waals surface area contributed by atoms with Gasteiger partial charge in [-0.15, -0.1) is 0 Å². The van der Waals surface area contributed by atoms with Crippen LogP contribution in [0.2, 0.25) is 0 Å². The van der Waals surface area contributed by atoms with Crippen molar-refractivity contribution in [1.29, 1.82) is 0 Å². The van der Waals surface area contributed by atoms with E-state index in [9.17, 15) is 4.79 Å². The molecule has 1 atom stereocenters. The quantitative estimate of drug-likeness (QED) is 0.786. The van der Waals surface area contributed by atoms with E-state index in [4.69, 9.17) is 0 Å². The van der Waals surface area contributed by atoms with Crippen molar-refractivity contribution in [3.8, 4) is 0 Å². The third kappa shape index (κ3) is 2.76. The Balaban J connectivity index is 2.07. The molecule has 1 aromatic rings. The molecule has 6 nitrogen and oxygen atoms in total. The maximum Gasteiger partial charge on any atom is 0.358 e. The molecule has 1 saturated heterocycles. The fourth-order valence-electron chi connectivity index (χ4n) is 2.00. The fourth-order valence-corrected chi connectivity index (χ4v) is 2.00. The third-order valence-electron chi connectivity index (χ3n) is 3.11. The van der Waals surface area contributed by atoms with Gasteiger partial charge >= 0.3 is 5.97 Å². The molecule has 0 aliphatic carbocycles. The number of nitrogens with zero attached hydrogens (tertiary/aromatic N) is 3. The van der Waals surface area contributed by atoms with Gasteiger partial charge in [0.25, 0.3) is 0 Å². The Kier molecular flexibility index (Phi) is 4.09. The van der Waals surface area contributed by atoms with Gasteiger partial charge in [0.2, 0.25) is 0 Å². The summed E-state index contributed by atoms with van der Waals surface area (Å²) in [6.07, 6.45) is 4.18. The number of carbonyl (C=O) groups excluding carboxylic acids is 1. The van der Waals surface area contributed by atoms with Crippen molar-refractivity contribution in [2.45, 2.75) is 19.4 Å². The number of piperazine rings is 1. The second-order valence-corrected chi connectivity index (χ2v) is 4.26. The van der Waals surface area contributed by atoms with Crippen LogP contribution in [0.25, 0.3) is 0 Å². The normalized spacial score (nSPS) is 19.7. The van der Waals surface area contributed by atoms with E-state index in [1.165, 1.54) is 13.3 Å². The fraction of sp³-hybridized carbons (Fsp3) is 0.583. The minimum atomic E-state index is -0.458. The van der Waals surface area contributed by atoms with Gasteiger partial charge in [-0.1, -0.05) is 6.92 Å². The lowest BCUT2D eigenvalue weighted by molar-refractivity contribution is 0.0593. The van der Waals surface area contributed by atoms with E-state index in [2.05, 4.69) is 31.8 Å². The number of anilines is 1. The molecule has 1 aromatic heterocycles. The first-order valence-electron chi connectivity index (χ1n) is 6.13. The van der Waals surface area contributed by atoms with E-state index in [-0.39, 0.29) is 5.69 Å². The highest BCUT2D eigenvalue weighted by molar-refractivity contribution is 5.86. The van der Waals surface area contributed by atoms with Crippen LogP contribution in [0.3, 0.4) is 0 Å². The van der Waals surface area contributed by atoms with Crippen LogP contribution in [0.4, 0.5) is 5.82 Å². The summed E-state index contributed by atoms with van der Waals surface area (Å²) in [7, 11) is 1.33. The van der Waals surface area contributed by atoms with Crippen molar-refractivity contribution in [3.63, 3.8) is 0 Å². The summed E-state index contributed by atoms with van der Waals surface area (Å²) in [5.74, 6) is 0.350. The van der Waals surface area contributed by atoms with Crippen LogP contribution in [0.15, 0.2) is 12.4 Å². The molecule has 0 spiro atoms. The first-order valence-corrected chi connectivity index (χ1v) is 6.13. The van der Waals surface area contributed by atoms with Crippen molar-refractivity contribution in [3.05, 3.63) is 18.1 Å². The van der Waals surface area contributed by atoms with Crippen LogP contribution >= 0.6 is 0 Å². The molecule has 0 saturated carbocycles. The third-order valence-corrected chi connectivity index (χ3v) is 3.11. The Morgan fingerprint density at radius 2 is 2.39 bits per heavy atom. The molecular formula is C12H18N4O2. The molecule has 2 heterocycles. The molecule has 1 aliphatic heterocycles. The summed E-state index contributed by atoms with van der Waals surface area (Å²) in [6.45, 7) is 4.93. The average Bonchev–Trinajstić information content (AvgIpc) is 2.46. The van der Waals surface area contributed by atoms with Crippen molar-refractivity contribution in [2.75, 3.05) is 31.6 Å². The van der Waals surface area contributed by atoms with Gasteiger partial charge in [-0.3, -0.25) is 0 Å². The summed E-state index contributed by atoms with van der Waals surface area (Å²) in [6, 6.07) is 0.487. The number of nitrogens with one attached hydrogen (secondary N) is 1. The molecule has 0 amide bonds. The highest BCUT2D eigenvalue weighted by Gasteiger charge is 2.19. The van der Waals surface area contributed by atoms with Gasteiger partial charge in [-0.05, 0) is 6.42 Å². The zero-order chi connectivity index (χ0) is 13.0. The van der Waals surface area contributed by atoms with Crippen LogP contribution < -0.4 is 10.2 Å². The first-order chi connectivity index (χ1) is 8.74. The van der Waals surface area contributed by atoms with Gasteiger partial charge in [0.15, 0.2) is 5.69 Å². The predicted octanol–water partition coefficient (Wildman–Crippen LogP) is 0.451. The Bertz CT molecular complexity index is 407. The van der Waals surface area contributed by atoms with Gasteiger partial charge in [-0.25, -0.2) is 14.8 Å². The van der Waals surface area contributed by atoms with Crippen LogP contribution in [0, 0.1) is 0 Å². The molecule has 98 valence electrons. The van der Waals surface area contributed by atoms with E-state index < -0.39 is 5.97 Å². The van der Waals surface area contributed by atoms with E-state index in [0.717, 1.165) is 31.9 Å². The van der Waals surface area contributed by atoms with Crippen molar-refractivity contribution >= 4 is 11.8 Å². The predicted molar refractivity (Wildman–Crippen MR) is 67.7 cm³/mol. The number of esters is 1. The van der Waals surface area contributed by atoms with Crippen LogP contribution in [-0.4, -0.2) is 48.7 Å². The number of rotatable bonds is 3. The Morgan fingerprint density at radius 1 is 1.56 bits per heavy atom. The molecule has 0 unspecified atom stereocenters. The summed E-state index contributed by atoms with van der Waals surface area (Å²) < 4.78 is 4.59. The van der Waals surface area contributed by atoms with Crippen LogP contribution in [0.5, 0.6) is 0 Å². The topological polar surface area (TPSA) is 67.4 Å².